The molecule has 170 valence electrons. The number of hydrogen-bond donors (Lipinski definition) is 0. The van der Waals surface area contributed by atoms with Crippen molar-refractivity contribution in [3.05, 3.63) is 18.2 Å². The van der Waals surface area contributed by atoms with Crippen LogP contribution in [0.1, 0.15) is 46.5 Å². The maximum absolute atomic E-state index is 12.9. The molecule has 0 unspecified atom stereocenters. The molecule has 31 heavy (non-hydrogen) atoms. The second-order valence-electron chi connectivity index (χ2n) is 8.40. The molecule has 8 heteroatoms. The van der Waals surface area contributed by atoms with Crippen molar-refractivity contribution >= 4 is 23.5 Å². The fourth-order valence-corrected chi connectivity index (χ4v) is 4.49. The zero-order chi connectivity index (χ0) is 22.7. The van der Waals surface area contributed by atoms with E-state index in [9.17, 15) is 14.4 Å². The summed E-state index contributed by atoms with van der Waals surface area (Å²) in [4.78, 5) is 41.6. The molecule has 0 radical (unpaired) electrons. The largest absolute Gasteiger partial charge is 0.497 e. The van der Waals surface area contributed by atoms with Crippen molar-refractivity contribution in [1.82, 2.24) is 4.90 Å². The van der Waals surface area contributed by atoms with Gasteiger partial charge in [0.1, 0.15) is 11.5 Å². The molecular weight excluding hydrogens is 400 g/mol. The van der Waals surface area contributed by atoms with Crippen molar-refractivity contribution in [3.8, 4) is 11.5 Å². The minimum atomic E-state index is -0.879. The van der Waals surface area contributed by atoms with Crippen LogP contribution >= 0.6 is 0 Å². The summed E-state index contributed by atoms with van der Waals surface area (Å²) in [6.45, 7) is 5.84. The average Bonchev–Trinajstić information content (AvgIpc) is 3.14. The second-order valence-corrected chi connectivity index (χ2v) is 8.40. The van der Waals surface area contributed by atoms with Gasteiger partial charge in [-0.05, 0) is 52.2 Å². The van der Waals surface area contributed by atoms with Gasteiger partial charge in [0.05, 0.1) is 25.8 Å². The van der Waals surface area contributed by atoms with Gasteiger partial charge in [-0.1, -0.05) is 0 Å². The van der Waals surface area contributed by atoms with E-state index in [4.69, 9.17) is 14.2 Å². The minimum Gasteiger partial charge on any atom is -0.497 e. The smallest absolute Gasteiger partial charge is 0.312 e. The summed E-state index contributed by atoms with van der Waals surface area (Å²) in [5.74, 6) is -0.434. The Hall–Kier alpha value is -2.77. The fourth-order valence-electron chi connectivity index (χ4n) is 4.49. The molecule has 0 N–H and O–H groups in total. The van der Waals surface area contributed by atoms with Crippen molar-refractivity contribution in [3.63, 3.8) is 0 Å². The summed E-state index contributed by atoms with van der Waals surface area (Å²) in [6.07, 6.45) is 2.15. The molecule has 2 amide bonds. The van der Waals surface area contributed by atoms with Crippen LogP contribution in [0.4, 0.5) is 5.69 Å². The summed E-state index contributed by atoms with van der Waals surface area (Å²) in [6, 6.07) is 5.41. The van der Waals surface area contributed by atoms with Gasteiger partial charge in [0.2, 0.25) is 5.91 Å². The summed E-state index contributed by atoms with van der Waals surface area (Å²) in [5.41, 5.74) is 0.573. The Morgan fingerprint density at radius 2 is 1.77 bits per heavy atom. The Kier molecular flexibility index (Phi) is 7.08. The van der Waals surface area contributed by atoms with E-state index in [1.165, 1.54) is 12.0 Å². The average molecular weight is 433 g/mol. The molecule has 3 rings (SSSR count). The van der Waals surface area contributed by atoms with Crippen molar-refractivity contribution in [2.75, 3.05) is 25.7 Å². The number of anilines is 1. The van der Waals surface area contributed by atoms with E-state index in [2.05, 4.69) is 0 Å². The molecule has 0 saturated carbocycles. The van der Waals surface area contributed by atoms with Gasteiger partial charge in [-0.25, -0.2) is 0 Å². The number of esters is 1. The monoisotopic (exact) mass is 432 g/mol. The molecule has 1 aromatic carbocycles. The van der Waals surface area contributed by atoms with Gasteiger partial charge in [-0.3, -0.25) is 14.4 Å². The van der Waals surface area contributed by atoms with Crippen LogP contribution in [0.15, 0.2) is 18.2 Å². The SMILES string of the molecule is COc1ccc(N2C[C@H](C(=O)O[C@H](C)C(=O)N3[C@H](C)CCC[C@@H]3C)CC2=O)c(OC)c1. The number of likely N-dealkylation sites (tertiary alicyclic amines) is 1. The summed E-state index contributed by atoms with van der Waals surface area (Å²) < 4.78 is 16.1. The Morgan fingerprint density at radius 3 is 2.39 bits per heavy atom. The number of nitrogens with zero attached hydrogens (tertiary/aromatic N) is 2. The van der Waals surface area contributed by atoms with Crippen molar-refractivity contribution in [1.29, 1.82) is 0 Å². The molecule has 1 aromatic rings. The molecule has 2 fully saturated rings. The van der Waals surface area contributed by atoms with Gasteiger partial charge >= 0.3 is 5.97 Å². The molecular formula is C23H32N2O6. The molecule has 2 saturated heterocycles. The predicted molar refractivity (Wildman–Crippen MR) is 115 cm³/mol. The standard InChI is InChI=1S/C23H32N2O6/c1-14-7-6-8-15(2)25(14)22(27)16(3)31-23(28)17-11-21(26)24(13-17)19-10-9-18(29-4)12-20(19)30-5/h9-10,12,14-17H,6-8,11,13H2,1-5H3/t14-,15+,16-,17-/m1/s1. The molecule has 8 nitrogen and oxygen atoms in total. The molecule has 0 aliphatic carbocycles. The lowest BCUT2D eigenvalue weighted by atomic mass is 9.97. The third-order valence-corrected chi connectivity index (χ3v) is 6.22. The number of methoxy groups -OCH3 is 2. The van der Waals surface area contributed by atoms with Crippen molar-refractivity contribution < 1.29 is 28.6 Å². The van der Waals surface area contributed by atoms with Crippen LogP contribution in [0.25, 0.3) is 0 Å². The first-order valence-corrected chi connectivity index (χ1v) is 10.8. The number of hydrogen-bond acceptors (Lipinski definition) is 6. The van der Waals surface area contributed by atoms with Gasteiger partial charge in [0.15, 0.2) is 6.10 Å². The van der Waals surface area contributed by atoms with Crippen LogP contribution in [-0.4, -0.2) is 61.6 Å². The quantitative estimate of drug-likeness (QED) is 0.643. The zero-order valence-corrected chi connectivity index (χ0v) is 18.9. The van der Waals surface area contributed by atoms with Crippen molar-refractivity contribution in [2.24, 2.45) is 5.92 Å². The van der Waals surface area contributed by atoms with E-state index >= 15 is 0 Å². The molecule has 0 aromatic heterocycles. The van der Waals surface area contributed by atoms with Gasteiger partial charge < -0.3 is 24.0 Å². The Labute approximate surface area is 183 Å². The van der Waals surface area contributed by atoms with Gasteiger partial charge in [-0.2, -0.15) is 0 Å². The van der Waals surface area contributed by atoms with Gasteiger partial charge in [0, 0.05) is 31.1 Å². The Balaban J connectivity index is 1.66. The molecule has 2 aliphatic rings. The predicted octanol–water partition coefficient (Wildman–Crippen LogP) is 2.78. The maximum atomic E-state index is 12.9. The molecule has 0 bridgehead atoms. The number of piperidine rings is 1. The third-order valence-electron chi connectivity index (χ3n) is 6.22. The number of carbonyl (C=O) groups is 3. The molecule has 2 aliphatic heterocycles. The first-order valence-electron chi connectivity index (χ1n) is 10.8. The lowest BCUT2D eigenvalue weighted by Crippen LogP contribution is -2.51. The van der Waals surface area contributed by atoms with Gasteiger partial charge in [0.25, 0.3) is 5.91 Å². The van der Waals surface area contributed by atoms with E-state index in [0.717, 1.165) is 19.3 Å². The highest BCUT2D eigenvalue weighted by molar-refractivity contribution is 6.01. The van der Waals surface area contributed by atoms with Crippen LogP contribution in [-0.2, 0) is 19.1 Å². The topological polar surface area (TPSA) is 85.4 Å². The van der Waals surface area contributed by atoms with Crippen molar-refractivity contribution in [2.45, 2.75) is 64.6 Å². The van der Waals surface area contributed by atoms with E-state index < -0.39 is 18.0 Å². The summed E-state index contributed by atoms with van der Waals surface area (Å²) in [7, 11) is 3.07. The van der Waals surface area contributed by atoms with Crippen LogP contribution in [0.3, 0.4) is 0 Å². The van der Waals surface area contributed by atoms with Gasteiger partial charge in [-0.15, -0.1) is 0 Å². The van der Waals surface area contributed by atoms with Crippen LogP contribution < -0.4 is 14.4 Å². The zero-order valence-electron chi connectivity index (χ0n) is 18.9. The summed E-state index contributed by atoms with van der Waals surface area (Å²) in [5, 5.41) is 0. The van der Waals surface area contributed by atoms with Crippen LogP contribution in [0.5, 0.6) is 11.5 Å². The highest BCUT2D eigenvalue weighted by atomic mass is 16.5. The number of amides is 2. The number of benzene rings is 1. The number of carbonyl (C=O) groups excluding carboxylic acids is 3. The normalized spacial score (nSPS) is 24.7. The highest BCUT2D eigenvalue weighted by Gasteiger charge is 2.39. The van der Waals surface area contributed by atoms with Crippen LogP contribution in [0.2, 0.25) is 0 Å². The maximum Gasteiger partial charge on any atom is 0.312 e. The second kappa shape index (κ2) is 9.58. The fraction of sp³-hybridized carbons (Fsp3) is 0.609. The third kappa shape index (κ3) is 4.78. The van der Waals surface area contributed by atoms with E-state index in [-0.39, 0.29) is 36.9 Å². The molecule has 2 heterocycles. The minimum absolute atomic E-state index is 0.0332. The van der Waals surface area contributed by atoms with E-state index in [0.29, 0.717) is 17.2 Å². The summed E-state index contributed by atoms with van der Waals surface area (Å²) >= 11 is 0. The number of rotatable bonds is 6. The molecule has 0 spiro atoms. The number of ether oxygens (including phenoxy) is 3. The lowest BCUT2D eigenvalue weighted by molar-refractivity contribution is -0.164. The first-order chi connectivity index (χ1) is 14.8. The Morgan fingerprint density at radius 1 is 1.10 bits per heavy atom. The highest BCUT2D eigenvalue weighted by Crippen LogP contribution is 2.36. The first kappa shape index (κ1) is 22.9. The lowest BCUT2D eigenvalue weighted by Gasteiger charge is -2.40. The van der Waals surface area contributed by atoms with E-state index in [1.807, 2.05) is 18.7 Å². The Bertz CT molecular complexity index is 831. The van der Waals surface area contributed by atoms with Crippen LogP contribution in [0, 0.1) is 5.92 Å². The van der Waals surface area contributed by atoms with E-state index in [1.54, 1.807) is 32.2 Å². The molecule has 4 atom stereocenters.